The maximum Gasteiger partial charge on any atom is 0.337 e. The summed E-state index contributed by atoms with van der Waals surface area (Å²) < 4.78 is 0. The molecule has 0 saturated carbocycles. The van der Waals surface area contributed by atoms with Gasteiger partial charge in [0.1, 0.15) is 0 Å². The average Bonchev–Trinajstić information content (AvgIpc) is 2.26. The van der Waals surface area contributed by atoms with Gasteiger partial charge in [0.05, 0.1) is 5.57 Å². The van der Waals surface area contributed by atoms with E-state index in [0.717, 1.165) is 12.0 Å². The van der Waals surface area contributed by atoms with Crippen molar-refractivity contribution in [3.05, 3.63) is 34.0 Å². The zero-order chi connectivity index (χ0) is 10.7. The molecule has 0 heterocycles. The number of nitrogens with two attached hydrogens (primary N) is 1. The largest absolute Gasteiger partial charge is 0.478 e. The van der Waals surface area contributed by atoms with Crippen molar-refractivity contribution in [2.24, 2.45) is 5.73 Å². The number of carboxylic acids is 1. The second kappa shape index (κ2) is 4.33. The van der Waals surface area contributed by atoms with Crippen molar-refractivity contribution < 1.29 is 9.90 Å². The van der Waals surface area contributed by atoms with Crippen LogP contribution in [0.15, 0.2) is 34.0 Å². The van der Waals surface area contributed by atoms with E-state index in [-0.39, 0.29) is 5.57 Å². The molecule has 0 unspecified atom stereocenters. The van der Waals surface area contributed by atoms with Gasteiger partial charge >= 0.3 is 5.97 Å². The lowest BCUT2D eigenvalue weighted by Gasteiger charge is -2.05. The van der Waals surface area contributed by atoms with E-state index in [2.05, 4.69) is 0 Å². The van der Waals surface area contributed by atoms with Crippen molar-refractivity contribution in [1.82, 2.24) is 0 Å². The predicted molar refractivity (Wildman–Crippen MR) is 55.8 cm³/mol. The molecule has 3 nitrogen and oxygen atoms in total. The van der Waals surface area contributed by atoms with E-state index in [1.54, 1.807) is 6.08 Å². The quantitative estimate of drug-likeness (QED) is 0.739. The first kappa shape index (κ1) is 10.9. The summed E-state index contributed by atoms with van der Waals surface area (Å²) in [4.78, 5) is 10.8. The van der Waals surface area contributed by atoms with Gasteiger partial charge in [-0.15, -0.1) is 0 Å². The fourth-order valence-corrected chi connectivity index (χ4v) is 1.56. The van der Waals surface area contributed by atoms with Gasteiger partial charge in [0.2, 0.25) is 0 Å². The van der Waals surface area contributed by atoms with Crippen LogP contribution in [0.5, 0.6) is 0 Å². The first-order chi connectivity index (χ1) is 6.56. The van der Waals surface area contributed by atoms with E-state index in [9.17, 15) is 4.79 Å². The Morgan fingerprint density at radius 3 is 2.79 bits per heavy atom. The van der Waals surface area contributed by atoms with Crippen molar-refractivity contribution in [3.63, 3.8) is 0 Å². The van der Waals surface area contributed by atoms with Gasteiger partial charge in [-0.2, -0.15) is 0 Å². The molecule has 14 heavy (non-hydrogen) atoms. The van der Waals surface area contributed by atoms with Crippen LogP contribution in [0.3, 0.4) is 0 Å². The second-order valence-corrected chi connectivity index (χ2v) is 3.47. The highest BCUT2D eigenvalue weighted by atomic mass is 35.5. The summed E-state index contributed by atoms with van der Waals surface area (Å²) in [5.41, 5.74) is 7.13. The third-order valence-electron chi connectivity index (χ3n) is 2.14. The highest BCUT2D eigenvalue weighted by Crippen LogP contribution is 2.25. The van der Waals surface area contributed by atoms with E-state index in [4.69, 9.17) is 22.4 Å². The third kappa shape index (κ3) is 2.17. The Balaban J connectivity index is 3.09. The van der Waals surface area contributed by atoms with Gasteiger partial charge in [-0.25, -0.2) is 4.79 Å². The molecule has 0 aliphatic heterocycles. The Labute approximate surface area is 87.5 Å². The molecule has 0 aromatic heterocycles. The van der Waals surface area contributed by atoms with Crippen LogP contribution in [0.1, 0.15) is 19.8 Å². The number of halogens is 1. The first-order valence-corrected chi connectivity index (χ1v) is 4.71. The SMILES string of the molecule is CCC1=C(Cl)C=CC(C(=O)O)=C(N)C1. The monoisotopic (exact) mass is 213 g/mol. The number of aliphatic carboxylic acids is 1. The van der Waals surface area contributed by atoms with Crippen LogP contribution in [-0.4, -0.2) is 11.1 Å². The summed E-state index contributed by atoms with van der Waals surface area (Å²) in [6.45, 7) is 1.96. The average molecular weight is 214 g/mol. The van der Waals surface area contributed by atoms with E-state index < -0.39 is 5.97 Å². The van der Waals surface area contributed by atoms with Crippen LogP contribution < -0.4 is 5.73 Å². The van der Waals surface area contributed by atoms with Crippen molar-refractivity contribution >= 4 is 17.6 Å². The molecule has 0 spiro atoms. The Hall–Kier alpha value is -1.22. The van der Waals surface area contributed by atoms with E-state index in [1.807, 2.05) is 6.92 Å². The van der Waals surface area contributed by atoms with Crippen LogP contribution in [-0.2, 0) is 4.79 Å². The highest BCUT2D eigenvalue weighted by molar-refractivity contribution is 6.31. The van der Waals surface area contributed by atoms with Gasteiger partial charge in [-0.1, -0.05) is 18.5 Å². The smallest absolute Gasteiger partial charge is 0.337 e. The molecule has 0 aromatic rings. The van der Waals surface area contributed by atoms with Crippen LogP contribution in [0, 0.1) is 0 Å². The zero-order valence-corrected chi connectivity index (χ0v) is 8.64. The minimum atomic E-state index is -1.01. The van der Waals surface area contributed by atoms with Gasteiger partial charge in [-0.05, 0) is 24.1 Å². The maximum absolute atomic E-state index is 10.8. The maximum atomic E-state index is 10.8. The molecular weight excluding hydrogens is 202 g/mol. The zero-order valence-electron chi connectivity index (χ0n) is 7.88. The molecule has 0 saturated heterocycles. The molecule has 1 aliphatic carbocycles. The minimum Gasteiger partial charge on any atom is -0.478 e. The van der Waals surface area contributed by atoms with Gasteiger partial charge in [0.25, 0.3) is 0 Å². The van der Waals surface area contributed by atoms with Crippen LogP contribution >= 0.6 is 11.6 Å². The normalized spacial score (nSPS) is 17.3. The van der Waals surface area contributed by atoms with E-state index >= 15 is 0 Å². The summed E-state index contributed by atoms with van der Waals surface area (Å²) in [6, 6.07) is 0. The molecular formula is C10H12ClNO2. The fraction of sp³-hybridized carbons (Fsp3) is 0.300. The van der Waals surface area contributed by atoms with Crippen molar-refractivity contribution in [2.75, 3.05) is 0 Å². The van der Waals surface area contributed by atoms with Gasteiger partial charge in [-0.3, -0.25) is 0 Å². The van der Waals surface area contributed by atoms with Crippen LogP contribution in [0.2, 0.25) is 0 Å². The number of rotatable bonds is 2. The van der Waals surface area contributed by atoms with Gasteiger partial charge in [0, 0.05) is 17.2 Å². The lowest BCUT2D eigenvalue weighted by molar-refractivity contribution is -0.132. The Kier molecular flexibility index (Phi) is 3.36. The van der Waals surface area contributed by atoms with E-state index in [1.165, 1.54) is 6.08 Å². The summed E-state index contributed by atoms with van der Waals surface area (Å²) in [5, 5.41) is 9.42. The third-order valence-corrected chi connectivity index (χ3v) is 2.53. The second-order valence-electron chi connectivity index (χ2n) is 3.06. The summed E-state index contributed by atoms with van der Waals surface area (Å²) in [7, 11) is 0. The van der Waals surface area contributed by atoms with Gasteiger partial charge < -0.3 is 10.8 Å². The summed E-state index contributed by atoms with van der Waals surface area (Å²) in [6.07, 6.45) is 4.24. The lowest BCUT2D eigenvalue weighted by Crippen LogP contribution is -2.08. The molecule has 0 radical (unpaired) electrons. The number of hydrogen-bond donors (Lipinski definition) is 2. The van der Waals surface area contributed by atoms with Gasteiger partial charge in [0.15, 0.2) is 0 Å². The molecule has 4 heteroatoms. The molecule has 0 aromatic carbocycles. The molecule has 1 aliphatic rings. The molecule has 3 N–H and O–H groups in total. The minimum absolute atomic E-state index is 0.131. The Morgan fingerprint density at radius 1 is 1.64 bits per heavy atom. The van der Waals surface area contributed by atoms with Crippen molar-refractivity contribution in [3.8, 4) is 0 Å². The fourth-order valence-electron chi connectivity index (χ4n) is 1.29. The van der Waals surface area contributed by atoms with E-state index in [0.29, 0.717) is 17.2 Å². The topological polar surface area (TPSA) is 63.3 Å². The molecule has 76 valence electrons. The summed E-state index contributed by atoms with van der Waals surface area (Å²) in [5.74, 6) is -1.01. The molecule has 0 atom stereocenters. The first-order valence-electron chi connectivity index (χ1n) is 4.33. The van der Waals surface area contributed by atoms with Crippen molar-refractivity contribution in [2.45, 2.75) is 19.8 Å². The molecule has 0 amide bonds. The molecule has 0 bridgehead atoms. The Bertz CT molecular complexity index is 353. The van der Waals surface area contributed by atoms with Crippen LogP contribution in [0.25, 0.3) is 0 Å². The highest BCUT2D eigenvalue weighted by Gasteiger charge is 2.14. The van der Waals surface area contributed by atoms with Crippen molar-refractivity contribution in [1.29, 1.82) is 0 Å². The number of hydrogen-bond acceptors (Lipinski definition) is 2. The number of carbonyl (C=O) groups is 1. The Morgan fingerprint density at radius 2 is 2.29 bits per heavy atom. The predicted octanol–water partition coefficient (Wildman–Crippen LogP) is 2.15. The lowest BCUT2D eigenvalue weighted by atomic mass is 10.1. The number of allylic oxidation sites excluding steroid dienone is 3. The summed E-state index contributed by atoms with van der Waals surface area (Å²) >= 11 is 5.94. The molecule has 0 fully saturated rings. The van der Waals surface area contributed by atoms with Crippen LogP contribution in [0.4, 0.5) is 0 Å². The number of carboxylic acid groups (broad SMARTS) is 1. The standard InChI is InChI=1S/C10H12ClNO2/c1-2-6-5-9(12)7(10(13)14)3-4-8(6)11/h3-4H,2,5,12H2,1H3,(H,13,14). The molecule has 1 rings (SSSR count).